The number of aromatic nitrogens is 1. The summed E-state index contributed by atoms with van der Waals surface area (Å²) in [6, 6.07) is 15.8. The largest absolute Gasteiger partial charge is 0.494 e. The molecular formula is C19H15NO3. The van der Waals surface area contributed by atoms with E-state index in [1.54, 1.807) is 7.11 Å². The van der Waals surface area contributed by atoms with Gasteiger partial charge < -0.3 is 14.2 Å². The van der Waals surface area contributed by atoms with Gasteiger partial charge in [0.05, 0.1) is 12.8 Å². The van der Waals surface area contributed by atoms with Crippen LogP contribution in [0.25, 0.3) is 23.1 Å². The second-order valence-corrected chi connectivity index (χ2v) is 5.21. The van der Waals surface area contributed by atoms with Gasteiger partial charge in [0.1, 0.15) is 11.3 Å². The van der Waals surface area contributed by atoms with E-state index in [1.807, 2.05) is 60.7 Å². The van der Waals surface area contributed by atoms with Gasteiger partial charge in [-0.2, -0.15) is 0 Å². The van der Waals surface area contributed by atoms with Crippen LogP contribution in [0, 0.1) is 0 Å². The Labute approximate surface area is 133 Å². The Morgan fingerprint density at radius 1 is 1.00 bits per heavy atom. The highest BCUT2D eigenvalue weighted by atomic mass is 16.7. The fraction of sp³-hybridized carbons (Fsp3) is 0.105. The number of ether oxygens (including phenoxy) is 3. The highest BCUT2D eigenvalue weighted by Gasteiger charge is 2.12. The highest BCUT2D eigenvalue weighted by molar-refractivity contribution is 5.86. The van der Waals surface area contributed by atoms with Gasteiger partial charge in [-0.15, -0.1) is 0 Å². The standard InChI is InChI=1S/C19H15NO3/c1-21-17-4-2-3-14-7-9-15(20-19(14)17)8-5-13-6-10-16-18(11-13)23-12-22-16/h2-11H,12H2,1H3/b8-5+. The number of para-hydroxylation sites is 1. The van der Waals surface area contributed by atoms with Crippen molar-refractivity contribution in [1.29, 1.82) is 0 Å². The SMILES string of the molecule is COc1cccc2ccc(/C=C/c3ccc4c(c3)OCO4)nc12. The summed E-state index contributed by atoms with van der Waals surface area (Å²) in [6.07, 6.45) is 3.98. The van der Waals surface area contributed by atoms with Gasteiger partial charge in [0.25, 0.3) is 0 Å². The van der Waals surface area contributed by atoms with Gasteiger partial charge in [-0.1, -0.05) is 30.3 Å². The van der Waals surface area contributed by atoms with Gasteiger partial charge in [0, 0.05) is 5.39 Å². The van der Waals surface area contributed by atoms with Crippen molar-refractivity contribution in [2.24, 2.45) is 0 Å². The van der Waals surface area contributed by atoms with E-state index < -0.39 is 0 Å². The molecule has 0 spiro atoms. The summed E-state index contributed by atoms with van der Waals surface area (Å²) in [5, 5.41) is 1.06. The predicted molar refractivity (Wildman–Crippen MR) is 89.8 cm³/mol. The van der Waals surface area contributed by atoms with Gasteiger partial charge in [-0.05, 0) is 35.9 Å². The number of benzene rings is 2. The van der Waals surface area contributed by atoms with Crippen LogP contribution in [-0.4, -0.2) is 18.9 Å². The van der Waals surface area contributed by atoms with Gasteiger partial charge >= 0.3 is 0 Å². The van der Waals surface area contributed by atoms with Crippen LogP contribution in [0.1, 0.15) is 11.3 Å². The Bertz CT molecular complexity index is 902. The highest BCUT2D eigenvalue weighted by Crippen LogP contribution is 2.33. The van der Waals surface area contributed by atoms with Gasteiger partial charge in [-0.3, -0.25) is 0 Å². The number of pyridine rings is 1. The average molecular weight is 305 g/mol. The summed E-state index contributed by atoms with van der Waals surface area (Å²) >= 11 is 0. The zero-order valence-electron chi connectivity index (χ0n) is 12.7. The predicted octanol–water partition coefficient (Wildman–Crippen LogP) is 4.14. The van der Waals surface area contributed by atoms with E-state index in [9.17, 15) is 0 Å². The van der Waals surface area contributed by atoms with Crippen molar-refractivity contribution in [3.05, 3.63) is 59.8 Å². The summed E-state index contributed by atoms with van der Waals surface area (Å²) in [5.41, 5.74) is 2.78. The molecule has 4 rings (SSSR count). The first-order valence-corrected chi connectivity index (χ1v) is 7.35. The van der Waals surface area contributed by atoms with E-state index >= 15 is 0 Å². The van der Waals surface area contributed by atoms with Gasteiger partial charge in [0.2, 0.25) is 6.79 Å². The molecule has 4 nitrogen and oxygen atoms in total. The summed E-state index contributed by atoms with van der Waals surface area (Å²) in [6.45, 7) is 0.286. The molecule has 0 fully saturated rings. The van der Waals surface area contributed by atoms with E-state index in [4.69, 9.17) is 14.2 Å². The number of fused-ring (bicyclic) bond motifs is 2. The first-order valence-electron chi connectivity index (χ1n) is 7.35. The molecule has 0 aliphatic carbocycles. The lowest BCUT2D eigenvalue weighted by molar-refractivity contribution is 0.174. The minimum absolute atomic E-state index is 0.286. The van der Waals surface area contributed by atoms with Crippen LogP contribution in [0.3, 0.4) is 0 Å². The molecule has 0 saturated heterocycles. The summed E-state index contributed by atoms with van der Waals surface area (Å²) in [4.78, 5) is 4.67. The van der Waals surface area contributed by atoms with Crippen molar-refractivity contribution in [3.63, 3.8) is 0 Å². The zero-order chi connectivity index (χ0) is 15.6. The molecule has 0 saturated carbocycles. The Balaban J connectivity index is 1.67. The molecule has 23 heavy (non-hydrogen) atoms. The maximum Gasteiger partial charge on any atom is 0.231 e. The van der Waals surface area contributed by atoms with Crippen LogP contribution >= 0.6 is 0 Å². The molecule has 1 aliphatic rings. The van der Waals surface area contributed by atoms with Crippen LogP contribution in [0.15, 0.2) is 48.5 Å². The summed E-state index contributed by atoms with van der Waals surface area (Å²) in [5.74, 6) is 2.34. The quantitative estimate of drug-likeness (QED) is 0.729. The first-order chi connectivity index (χ1) is 11.3. The molecule has 3 aromatic rings. The molecule has 0 N–H and O–H groups in total. The van der Waals surface area contributed by atoms with Crippen molar-refractivity contribution in [2.45, 2.75) is 0 Å². The Hall–Kier alpha value is -3.01. The van der Waals surface area contributed by atoms with Crippen molar-refractivity contribution in [2.75, 3.05) is 13.9 Å². The minimum Gasteiger partial charge on any atom is -0.494 e. The third kappa shape index (κ3) is 2.59. The van der Waals surface area contributed by atoms with E-state index in [0.717, 1.165) is 39.4 Å². The molecule has 1 aliphatic heterocycles. The van der Waals surface area contributed by atoms with E-state index in [2.05, 4.69) is 4.98 Å². The lowest BCUT2D eigenvalue weighted by Gasteiger charge is -2.05. The smallest absolute Gasteiger partial charge is 0.231 e. The molecule has 2 aromatic carbocycles. The van der Waals surface area contributed by atoms with E-state index in [-0.39, 0.29) is 6.79 Å². The molecule has 4 heteroatoms. The molecule has 0 radical (unpaired) electrons. The van der Waals surface area contributed by atoms with Crippen molar-refractivity contribution in [1.82, 2.24) is 4.98 Å². The minimum atomic E-state index is 0.286. The third-order valence-electron chi connectivity index (χ3n) is 3.77. The van der Waals surface area contributed by atoms with Crippen LogP contribution in [0.5, 0.6) is 17.2 Å². The maximum atomic E-state index is 5.39. The first kappa shape index (κ1) is 13.6. The number of hydrogen-bond donors (Lipinski definition) is 0. The Kier molecular flexibility index (Phi) is 3.35. The molecule has 0 bridgehead atoms. The summed E-state index contributed by atoms with van der Waals surface area (Å²) in [7, 11) is 1.66. The Morgan fingerprint density at radius 3 is 2.83 bits per heavy atom. The fourth-order valence-electron chi connectivity index (χ4n) is 2.59. The lowest BCUT2D eigenvalue weighted by atomic mass is 10.1. The van der Waals surface area contributed by atoms with Crippen LogP contribution < -0.4 is 14.2 Å². The molecule has 0 atom stereocenters. The zero-order valence-corrected chi connectivity index (χ0v) is 12.7. The van der Waals surface area contributed by atoms with Crippen LogP contribution in [-0.2, 0) is 0 Å². The van der Waals surface area contributed by atoms with Crippen LogP contribution in [0.4, 0.5) is 0 Å². The lowest BCUT2D eigenvalue weighted by Crippen LogP contribution is -1.92. The second-order valence-electron chi connectivity index (χ2n) is 5.21. The Morgan fingerprint density at radius 2 is 1.91 bits per heavy atom. The number of hydrogen-bond acceptors (Lipinski definition) is 4. The molecule has 0 unspecified atom stereocenters. The maximum absolute atomic E-state index is 5.39. The number of methoxy groups -OCH3 is 1. The van der Waals surface area contributed by atoms with Gasteiger partial charge in [0.15, 0.2) is 11.5 Å². The average Bonchev–Trinajstić information content (AvgIpc) is 3.07. The summed E-state index contributed by atoms with van der Waals surface area (Å²) < 4.78 is 16.1. The topological polar surface area (TPSA) is 40.6 Å². The molecule has 2 heterocycles. The molecule has 114 valence electrons. The van der Waals surface area contributed by atoms with Crippen molar-refractivity contribution < 1.29 is 14.2 Å². The van der Waals surface area contributed by atoms with E-state index in [1.165, 1.54) is 0 Å². The van der Waals surface area contributed by atoms with Crippen LogP contribution in [0.2, 0.25) is 0 Å². The third-order valence-corrected chi connectivity index (χ3v) is 3.77. The fourth-order valence-corrected chi connectivity index (χ4v) is 2.59. The van der Waals surface area contributed by atoms with E-state index in [0.29, 0.717) is 0 Å². The van der Waals surface area contributed by atoms with Gasteiger partial charge in [-0.25, -0.2) is 4.98 Å². The monoisotopic (exact) mass is 305 g/mol. The van der Waals surface area contributed by atoms with Crippen molar-refractivity contribution >= 4 is 23.1 Å². The number of nitrogens with zero attached hydrogens (tertiary/aromatic N) is 1. The molecule has 1 aromatic heterocycles. The molecule has 0 amide bonds. The normalized spacial score (nSPS) is 12.9. The molecular weight excluding hydrogens is 290 g/mol. The second kappa shape index (κ2) is 5.65. The van der Waals surface area contributed by atoms with Crippen molar-refractivity contribution in [3.8, 4) is 17.2 Å². The number of rotatable bonds is 3.